The Morgan fingerprint density at radius 2 is 1.81 bits per heavy atom. The fourth-order valence-corrected chi connectivity index (χ4v) is 3.18. The molecule has 134 valence electrons. The highest BCUT2D eigenvalue weighted by Gasteiger charge is 2.10. The van der Waals surface area contributed by atoms with Gasteiger partial charge in [0.25, 0.3) is 0 Å². The second kappa shape index (κ2) is 8.99. The third-order valence-corrected chi connectivity index (χ3v) is 4.49. The van der Waals surface area contributed by atoms with Crippen LogP contribution in [-0.2, 0) is 24.2 Å². The van der Waals surface area contributed by atoms with Gasteiger partial charge in [-0.05, 0) is 43.0 Å². The van der Waals surface area contributed by atoms with Gasteiger partial charge in [-0.25, -0.2) is 4.98 Å². The standard InChI is InChI=1S/C22H25N3O/c1-2-22(26)23-16-8-15-21-24-19-13-6-7-14-20(19)25(21)17-9-12-18-10-4-3-5-11-18/h2-7,10-11,13-14H,1,8-9,12,15-17H2,(H,23,26). The van der Waals surface area contributed by atoms with E-state index in [9.17, 15) is 4.79 Å². The summed E-state index contributed by atoms with van der Waals surface area (Å²) in [6, 6.07) is 18.9. The molecular formula is C22H25N3O. The van der Waals surface area contributed by atoms with Crippen molar-refractivity contribution < 1.29 is 4.79 Å². The summed E-state index contributed by atoms with van der Waals surface area (Å²) in [5.41, 5.74) is 3.59. The van der Waals surface area contributed by atoms with Crippen molar-refractivity contribution in [1.29, 1.82) is 0 Å². The predicted octanol–water partition coefficient (Wildman–Crippen LogP) is 3.90. The SMILES string of the molecule is C=CC(=O)NCCCc1nc2ccccc2n1CCCc1ccccc1. The van der Waals surface area contributed by atoms with Gasteiger partial charge in [-0.1, -0.05) is 49.0 Å². The van der Waals surface area contributed by atoms with E-state index in [4.69, 9.17) is 4.98 Å². The molecular weight excluding hydrogens is 322 g/mol. The van der Waals surface area contributed by atoms with E-state index < -0.39 is 0 Å². The Hall–Kier alpha value is -2.88. The van der Waals surface area contributed by atoms with Crippen molar-refractivity contribution in [2.75, 3.05) is 6.54 Å². The number of benzene rings is 2. The van der Waals surface area contributed by atoms with E-state index in [0.717, 1.165) is 43.6 Å². The molecule has 3 aromatic rings. The average Bonchev–Trinajstić information content (AvgIpc) is 3.03. The number of hydrogen-bond donors (Lipinski definition) is 1. The Morgan fingerprint density at radius 3 is 2.62 bits per heavy atom. The van der Waals surface area contributed by atoms with E-state index in [1.165, 1.54) is 17.2 Å². The van der Waals surface area contributed by atoms with Crippen LogP contribution in [0.2, 0.25) is 0 Å². The van der Waals surface area contributed by atoms with E-state index in [0.29, 0.717) is 6.54 Å². The van der Waals surface area contributed by atoms with Crippen molar-refractivity contribution in [3.05, 3.63) is 78.6 Å². The van der Waals surface area contributed by atoms with Gasteiger partial charge in [-0.15, -0.1) is 0 Å². The Kier molecular flexibility index (Phi) is 6.20. The molecule has 0 bridgehead atoms. The van der Waals surface area contributed by atoms with Crippen LogP contribution in [0.5, 0.6) is 0 Å². The van der Waals surface area contributed by atoms with E-state index in [2.05, 4.69) is 65.0 Å². The number of carbonyl (C=O) groups excluding carboxylic acids is 1. The molecule has 3 rings (SSSR count). The molecule has 2 aromatic carbocycles. The van der Waals surface area contributed by atoms with Gasteiger partial charge in [0.1, 0.15) is 5.82 Å². The summed E-state index contributed by atoms with van der Waals surface area (Å²) in [5.74, 6) is 0.966. The van der Waals surface area contributed by atoms with Gasteiger partial charge in [-0.2, -0.15) is 0 Å². The van der Waals surface area contributed by atoms with Crippen LogP contribution >= 0.6 is 0 Å². The number of aryl methyl sites for hydroxylation is 3. The lowest BCUT2D eigenvalue weighted by Crippen LogP contribution is -2.22. The van der Waals surface area contributed by atoms with Crippen LogP contribution in [0.25, 0.3) is 11.0 Å². The Morgan fingerprint density at radius 1 is 1.04 bits per heavy atom. The topological polar surface area (TPSA) is 46.9 Å². The summed E-state index contributed by atoms with van der Waals surface area (Å²) < 4.78 is 2.33. The minimum Gasteiger partial charge on any atom is -0.353 e. The highest BCUT2D eigenvalue weighted by atomic mass is 16.1. The molecule has 0 aliphatic carbocycles. The van der Waals surface area contributed by atoms with Crippen molar-refractivity contribution in [1.82, 2.24) is 14.9 Å². The first kappa shape index (κ1) is 17.9. The van der Waals surface area contributed by atoms with Crippen LogP contribution in [-0.4, -0.2) is 22.0 Å². The van der Waals surface area contributed by atoms with Gasteiger partial charge in [0.05, 0.1) is 11.0 Å². The van der Waals surface area contributed by atoms with Gasteiger partial charge < -0.3 is 9.88 Å². The predicted molar refractivity (Wildman–Crippen MR) is 106 cm³/mol. The first-order chi connectivity index (χ1) is 12.8. The highest BCUT2D eigenvalue weighted by Crippen LogP contribution is 2.18. The van der Waals surface area contributed by atoms with Crippen molar-refractivity contribution in [2.24, 2.45) is 0 Å². The van der Waals surface area contributed by atoms with E-state index in [-0.39, 0.29) is 5.91 Å². The van der Waals surface area contributed by atoms with E-state index in [1.807, 2.05) is 6.07 Å². The lowest BCUT2D eigenvalue weighted by atomic mass is 10.1. The quantitative estimate of drug-likeness (QED) is 0.471. The minimum atomic E-state index is -0.124. The third kappa shape index (κ3) is 4.60. The van der Waals surface area contributed by atoms with Crippen molar-refractivity contribution in [3.8, 4) is 0 Å². The monoisotopic (exact) mass is 347 g/mol. The number of nitrogens with zero attached hydrogens (tertiary/aromatic N) is 2. The van der Waals surface area contributed by atoms with Crippen molar-refractivity contribution in [3.63, 3.8) is 0 Å². The van der Waals surface area contributed by atoms with Crippen molar-refractivity contribution >= 4 is 16.9 Å². The maximum atomic E-state index is 11.3. The van der Waals surface area contributed by atoms with Crippen LogP contribution in [0.15, 0.2) is 67.3 Å². The largest absolute Gasteiger partial charge is 0.353 e. The van der Waals surface area contributed by atoms with Gasteiger partial charge in [0, 0.05) is 19.5 Å². The number of rotatable bonds is 9. The molecule has 4 heteroatoms. The Bertz CT molecular complexity index is 867. The fraction of sp³-hybridized carbons (Fsp3) is 0.273. The maximum Gasteiger partial charge on any atom is 0.243 e. The van der Waals surface area contributed by atoms with Crippen LogP contribution < -0.4 is 5.32 Å². The zero-order valence-electron chi connectivity index (χ0n) is 15.0. The number of imidazole rings is 1. The summed E-state index contributed by atoms with van der Waals surface area (Å²) in [5, 5.41) is 2.83. The van der Waals surface area contributed by atoms with Gasteiger partial charge in [0.15, 0.2) is 0 Å². The smallest absolute Gasteiger partial charge is 0.243 e. The lowest BCUT2D eigenvalue weighted by Gasteiger charge is -2.10. The Labute approximate surface area is 154 Å². The van der Waals surface area contributed by atoms with Crippen molar-refractivity contribution in [2.45, 2.75) is 32.2 Å². The summed E-state index contributed by atoms with van der Waals surface area (Å²) in [7, 11) is 0. The molecule has 0 saturated heterocycles. The Balaban J connectivity index is 1.66. The number of hydrogen-bond acceptors (Lipinski definition) is 2. The van der Waals surface area contributed by atoms with Crippen LogP contribution in [0.3, 0.4) is 0 Å². The van der Waals surface area contributed by atoms with Crippen LogP contribution in [0, 0.1) is 0 Å². The molecule has 1 amide bonds. The third-order valence-electron chi connectivity index (χ3n) is 4.49. The lowest BCUT2D eigenvalue weighted by molar-refractivity contribution is -0.116. The molecule has 0 radical (unpaired) electrons. The second-order valence-electron chi connectivity index (χ2n) is 6.36. The number of amides is 1. The fourth-order valence-electron chi connectivity index (χ4n) is 3.18. The average molecular weight is 347 g/mol. The molecule has 0 atom stereocenters. The van der Waals surface area contributed by atoms with Gasteiger partial charge in [-0.3, -0.25) is 4.79 Å². The number of nitrogens with one attached hydrogen (secondary N) is 1. The second-order valence-corrected chi connectivity index (χ2v) is 6.36. The molecule has 0 unspecified atom stereocenters. The molecule has 1 N–H and O–H groups in total. The molecule has 1 heterocycles. The summed E-state index contributed by atoms with van der Waals surface area (Å²) in [4.78, 5) is 16.1. The minimum absolute atomic E-state index is 0.124. The number of para-hydroxylation sites is 2. The molecule has 4 nitrogen and oxygen atoms in total. The highest BCUT2D eigenvalue weighted by molar-refractivity contribution is 5.86. The molecule has 0 fully saturated rings. The van der Waals surface area contributed by atoms with Gasteiger partial charge >= 0.3 is 0 Å². The van der Waals surface area contributed by atoms with E-state index >= 15 is 0 Å². The first-order valence-corrected chi connectivity index (χ1v) is 9.16. The van der Waals surface area contributed by atoms with Gasteiger partial charge in [0.2, 0.25) is 5.91 Å². The zero-order chi connectivity index (χ0) is 18.2. The number of fused-ring (bicyclic) bond motifs is 1. The molecule has 0 spiro atoms. The van der Waals surface area contributed by atoms with Crippen LogP contribution in [0.1, 0.15) is 24.2 Å². The summed E-state index contributed by atoms with van der Waals surface area (Å²) in [6.45, 7) is 5.06. The number of aromatic nitrogens is 2. The maximum absolute atomic E-state index is 11.3. The molecule has 26 heavy (non-hydrogen) atoms. The molecule has 0 aliphatic rings. The summed E-state index contributed by atoms with van der Waals surface area (Å²) >= 11 is 0. The van der Waals surface area contributed by atoms with E-state index in [1.54, 1.807) is 0 Å². The zero-order valence-corrected chi connectivity index (χ0v) is 15.0. The molecule has 0 aliphatic heterocycles. The number of carbonyl (C=O) groups is 1. The van der Waals surface area contributed by atoms with Crippen LogP contribution in [0.4, 0.5) is 0 Å². The first-order valence-electron chi connectivity index (χ1n) is 9.16. The molecule has 1 aromatic heterocycles. The normalized spacial score (nSPS) is 10.8. The summed E-state index contributed by atoms with van der Waals surface area (Å²) in [6.07, 6.45) is 5.14. The molecule has 0 saturated carbocycles.